The van der Waals surface area contributed by atoms with Crippen LogP contribution in [0, 0.1) is 17.7 Å². The maximum Gasteiger partial charge on any atom is 0.305 e. The van der Waals surface area contributed by atoms with Crippen LogP contribution in [0.5, 0.6) is 0 Å². The first-order valence-corrected chi connectivity index (χ1v) is 8.59. The van der Waals surface area contributed by atoms with Gasteiger partial charge in [-0.05, 0) is 30.3 Å². The van der Waals surface area contributed by atoms with Crippen molar-refractivity contribution in [2.45, 2.75) is 31.8 Å². The monoisotopic (exact) mass is 389 g/mol. The molecule has 2 bridgehead atoms. The molecule has 4 rings (SSSR count). The van der Waals surface area contributed by atoms with Gasteiger partial charge in [0.05, 0.1) is 23.6 Å². The third-order valence-electron chi connectivity index (χ3n) is 5.08. The molecular formula is C19H16FNO7. The Balaban J connectivity index is 1.74. The third kappa shape index (κ3) is 2.54. The van der Waals surface area contributed by atoms with Gasteiger partial charge in [-0.3, -0.25) is 19.2 Å². The van der Waals surface area contributed by atoms with Crippen molar-refractivity contribution in [3.63, 3.8) is 0 Å². The van der Waals surface area contributed by atoms with Crippen LogP contribution >= 0.6 is 0 Å². The van der Waals surface area contributed by atoms with Crippen LogP contribution in [0.15, 0.2) is 36.4 Å². The van der Waals surface area contributed by atoms with Crippen molar-refractivity contribution < 1.29 is 37.8 Å². The molecule has 2 fully saturated rings. The molecule has 0 N–H and O–H groups in total. The van der Waals surface area contributed by atoms with Crippen LogP contribution in [-0.4, -0.2) is 41.7 Å². The summed E-state index contributed by atoms with van der Waals surface area (Å²) in [5.74, 6) is -5.01. The van der Waals surface area contributed by atoms with Crippen molar-refractivity contribution in [2.24, 2.45) is 11.8 Å². The van der Waals surface area contributed by atoms with E-state index in [4.69, 9.17) is 14.2 Å². The van der Waals surface area contributed by atoms with Gasteiger partial charge < -0.3 is 14.2 Å². The summed E-state index contributed by atoms with van der Waals surface area (Å²) in [6.45, 7) is 2.25. The standard InChI is InChI=1S/C19H16FNO7/c1-9(22)26-18(27-10(2)23)19-8-7-13(28-19)14-15(19)17(25)21(16(14)24)12-5-3-11(20)4-6-12/h3-8,13-15,18H,1-2H3/t13-,14+,15+,19-/m0/s1. The molecule has 146 valence electrons. The largest absolute Gasteiger partial charge is 0.422 e. The van der Waals surface area contributed by atoms with Crippen molar-refractivity contribution in [3.8, 4) is 0 Å². The van der Waals surface area contributed by atoms with E-state index in [1.807, 2.05) is 0 Å². The number of nitrogens with zero attached hydrogens (tertiary/aromatic N) is 1. The topological polar surface area (TPSA) is 99.2 Å². The number of halogens is 1. The molecule has 3 heterocycles. The summed E-state index contributed by atoms with van der Waals surface area (Å²) in [6, 6.07) is 4.93. The highest BCUT2D eigenvalue weighted by molar-refractivity contribution is 6.23. The minimum atomic E-state index is -1.60. The van der Waals surface area contributed by atoms with Gasteiger partial charge in [0.15, 0.2) is 5.60 Å². The van der Waals surface area contributed by atoms with Gasteiger partial charge in [0.1, 0.15) is 5.82 Å². The lowest BCUT2D eigenvalue weighted by molar-refractivity contribution is -0.226. The lowest BCUT2D eigenvalue weighted by Crippen LogP contribution is -2.52. The predicted molar refractivity (Wildman–Crippen MR) is 89.9 cm³/mol. The lowest BCUT2D eigenvalue weighted by Gasteiger charge is -2.34. The maximum absolute atomic E-state index is 13.2. The van der Waals surface area contributed by atoms with Crippen LogP contribution in [0.25, 0.3) is 0 Å². The summed E-state index contributed by atoms with van der Waals surface area (Å²) in [5, 5.41) is 0. The van der Waals surface area contributed by atoms with E-state index in [2.05, 4.69) is 0 Å². The van der Waals surface area contributed by atoms with Crippen LogP contribution in [0.1, 0.15) is 13.8 Å². The van der Waals surface area contributed by atoms with E-state index in [1.54, 1.807) is 6.08 Å². The Morgan fingerprint density at radius 1 is 1.11 bits per heavy atom. The summed E-state index contributed by atoms with van der Waals surface area (Å²) in [4.78, 5) is 50.2. The quantitative estimate of drug-likeness (QED) is 0.329. The third-order valence-corrected chi connectivity index (χ3v) is 5.08. The second-order valence-corrected chi connectivity index (χ2v) is 6.84. The Bertz CT molecular complexity index is 895. The summed E-state index contributed by atoms with van der Waals surface area (Å²) in [5.41, 5.74) is -1.38. The fourth-order valence-corrected chi connectivity index (χ4v) is 4.06. The summed E-state index contributed by atoms with van der Waals surface area (Å²) >= 11 is 0. The summed E-state index contributed by atoms with van der Waals surface area (Å²) in [6.07, 6.45) is 0.819. The van der Waals surface area contributed by atoms with Crippen molar-refractivity contribution in [1.29, 1.82) is 0 Å². The van der Waals surface area contributed by atoms with E-state index in [-0.39, 0.29) is 5.69 Å². The molecule has 1 aromatic rings. The average molecular weight is 389 g/mol. The van der Waals surface area contributed by atoms with Gasteiger partial charge in [-0.25, -0.2) is 9.29 Å². The highest BCUT2D eigenvalue weighted by atomic mass is 19.1. The number of carbonyl (C=O) groups excluding carboxylic acids is 4. The molecule has 0 radical (unpaired) electrons. The smallest absolute Gasteiger partial charge is 0.305 e. The second-order valence-electron chi connectivity index (χ2n) is 6.84. The molecule has 1 aromatic carbocycles. The number of hydrogen-bond donors (Lipinski definition) is 0. The first-order chi connectivity index (χ1) is 13.2. The molecule has 0 aromatic heterocycles. The van der Waals surface area contributed by atoms with Crippen molar-refractivity contribution >= 4 is 29.4 Å². The minimum Gasteiger partial charge on any atom is -0.422 e. The second kappa shape index (κ2) is 6.23. The van der Waals surface area contributed by atoms with Gasteiger partial charge >= 0.3 is 11.9 Å². The summed E-state index contributed by atoms with van der Waals surface area (Å²) < 4.78 is 29.3. The first kappa shape index (κ1) is 18.3. The number of carbonyl (C=O) groups is 4. The maximum atomic E-state index is 13.2. The van der Waals surface area contributed by atoms with Crippen molar-refractivity contribution in [2.75, 3.05) is 4.90 Å². The number of anilines is 1. The molecule has 0 saturated carbocycles. The van der Waals surface area contributed by atoms with Gasteiger partial charge in [0.25, 0.3) is 6.29 Å². The molecule has 3 aliphatic heterocycles. The molecule has 8 nitrogen and oxygen atoms in total. The minimum absolute atomic E-state index is 0.219. The summed E-state index contributed by atoms with van der Waals surface area (Å²) in [7, 11) is 0. The molecule has 3 aliphatic rings. The molecular weight excluding hydrogens is 373 g/mol. The SMILES string of the molecule is CC(=O)OC(OC(C)=O)[C@@]12C=C[C@H](O1)[C@H]1C(=O)N(c3ccc(F)cc3)C(=O)[C@@H]12. The van der Waals surface area contributed by atoms with Crippen LogP contribution in [0.4, 0.5) is 10.1 Å². The van der Waals surface area contributed by atoms with Crippen LogP contribution in [0.3, 0.4) is 0 Å². The fourth-order valence-electron chi connectivity index (χ4n) is 4.06. The highest BCUT2D eigenvalue weighted by Crippen LogP contribution is 2.54. The van der Waals surface area contributed by atoms with Crippen LogP contribution in [-0.2, 0) is 33.4 Å². The van der Waals surface area contributed by atoms with Gasteiger partial charge in [-0.2, -0.15) is 0 Å². The normalized spacial score (nSPS) is 30.1. The Morgan fingerprint density at radius 2 is 1.71 bits per heavy atom. The van der Waals surface area contributed by atoms with Gasteiger partial charge in [-0.1, -0.05) is 6.08 Å². The van der Waals surface area contributed by atoms with Crippen molar-refractivity contribution in [3.05, 3.63) is 42.2 Å². The zero-order chi connectivity index (χ0) is 20.2. The molecule has 2 amide bonds. The Kier molecular flexibility index (Phi) is 4.07. The molecule has 0 unspecified atom stereocenters. The Labute approximate surface area is 158 Å². The predicted octanol–water partition coefficient (Wildman–Crippen LogP) is 1.09. The van der Waals surface area contributed by atoms with E-state index in [9.17, 15) is 23.6 Å². The van der Waals surface area contributed by atoms with E-state index < -0.39 is 59.4 Å². The number of amides is 2. The molecule has 0 aliphatic carbocycles. The van der Waals surface area contributed by atoms with E-state index in [1.165, 1.54) is 18.2 Å². The number of ether oxygens (including phenoxy) is 3. The number of imide groups is 1. The first-order valence-electron chi connectivity index (χ1n) is 8.59. The van der Waals surface area contributed by atoms with Gasteiger partial charge in [0, 0.05) is 13.8 Å². The number of benzene rings is 1. The number of esters is 2. The van der Waals surface area contributed by atoms with Gasteiger partial charge in [-0.15, -0.1) is 0 Å². The zero-order valence-electron chi connectivity index (χ0n) is 15.0. The zero-order valence-corrected chi connectivity index (χ0v) is 15.0. The molecule has 2 saturated heterocycles. The average Bonchev–Trinajstić information content (AvgIpc) is 3.26. The van der Waals surface area contributed by atoms with Crippen molar-refractivity contribution in [1.82, 2.24) is 0 Å². The van der Waals surface area contributed by atoms with E-state index >= 15 is 0 Å². The highest BCUT2D eigenvalue weighted by Gasteiger charge is 2.72. The van der Waals surface area contributed by atoms with Crippen LogP contribution < -0.4 is 4.90 Å². The molecule has 9 heteroatoms. The number of fused-ring (bicyclic) bond motifs is 5. The number of rotatable bonds is 4. The Morgan fingerprint density at radius 3 is 2.29 bits per heavy atom. The Hall–Kier alpha value is -3.07. The van der Waals surface area contributed by atoms with Crippen LogP contribution in [0.2, 0.25) is 0 Å². The fraction of sp³-hybridized carbons (Fsp3) is 0.368. The molecule has 28 heavy (non-hydrogen) atoms. The molecule has 4 atom stereocenters. The molecule has 0 spiro atoms. The van der Waals surface area contributed by atoms with Gasteiger partial charge in [0.2, 0.25) is 11.8 Å². The number of hydrogen-bond acceptors (Lipinski definition) is 7. The lowest BCUT2D eigenvalue weighted by atomic mass is 9.76. The van der Waals surface area contributed by atoms with E-state index in [0.717, 1.165) is 30.9 Å². The van der Waals surface area contributed by atoms with E-state index in [0.29, 0.717) is 0 Å².